The summed E-state index contributed by atoms with van der Waals surface area (Å²) in [5.41, 5.74) is 0.686. The number of rotatable bonds is 3. The summed E-state index contributed by atoms with van der Waals surface area (Å²) in [5.74, 6) is 0.829. The Morgan fingerprint density at radius 1 is 1.23 bits per heavy atom. The smallest absolute Gasteiger partial charge is 0.406 e. The zero-order chi connectivity index (χ0) is 16.3. The predicted molar refractivity (Wildman–Crippen MR) is 76.4 cm³/mol. The highest BCUT2D eigenvalue weighted by atomic mass is 19.4. The first-order valence-electron chi connectivity index (χ1n) is 7.37. The fourth-order valence-corrected chi connectivity index (χ4v) is 2.58. The Hall–Kier alpha value is -1.72. The van der Waals surface area contributed by atoms with Crippen molar-refractivity contribution in [3.05, 3.63) is 29.8 Å². The number of carbonyl (C=O) groups excluding carboxylic acids is 1. The van der Waals surface area contributed by atoms with Gasteiger partial charge in [-0.15, -0.1) is 13.2 Å². The summed E-state index contributed by atoms with van der Waals surface area (Å²) in [4.78, 5) is 14.1. The fourth-order valence-electron chi connectivity index (χ4n) is 2.58. The average molecular weight is 315 g/mol. The third kappa shape index (κ3) is 4.64. The summed E-state index contributed by atoms with van der Waals surface area (Å²) in [5, 5.41) is 0. The first-order chi connectivity index (χ1) is 10.2. The maximum atomic E-state index is 12.2. The predicted octanol–water partition coefficient (Wildman–Crippen LogP) is 3.63. The van der Waals surface area contributed by atoms with Gasteiger partial charge < -0.3 is 9.64 Å². The molecular weight excluding hydrogens is 295 g/mol. The molecule has 2 atom stereocenters. The quantitative estimate of drug-likeness (QED) is 0.852. The zero-order valence-corrected chi connectivity index (χ0v) is 12.7. The lowest BCUT2D eigenvalue weighted by Crippen LogP contribution is -2.42. The number of likely N-dealkylation sites (tertiary alicyclic amines) is 1. The van der Waals surface area contributed by atoms with Crippen LogP contribution in [0.2, 0.25) is 0 Å². The van der Waals surface area contributed by atoms with Gasteiger partial charge in [-0.25, -0.2) is 0 Å². The summed E-state index contributed by atoms with van der Waals surface area (Å²) >= 11 is 0. The van der Waals surface area contributed by atoms with Gasteiger partial charge >= 0.3 is 6.36 Å². The normalized spacial score (nSPS) is 22.5. The number of benzene rings is 1. The van der Waals surface area contributed by atoms with Crippen LogP contribution in [0.3, 0.4) is 0 Å². The number of halogens is 3. The Morgan fingerprint density at radius 2 is 1.86 bits per heavy atom. The summed E-state index contributed by atoms with van der Waals surface area (Å²) in [6, 6.07) is 5.46. The molecule has 2 unspecified atom stereocenters. The molecule has 22 heavy (non-hydrogen) atoms. The van der Waals surface area contributed by atoms with E-state index in [0.29, 0.717) is 17.4 Å². The molecule has 3 nitrogen and oxygen atoms in total. The summed E-state index contributed by atoms with van der Waals surface area (Å²) in [6.45, 7) is 5.81. The topological polar surface area (TPSA) is 29.5 Å². The van der Waals surface area contributed by atoms with E-state index in [2.05, 4.69) is 18.6 Å². The van der Waals surface area contributed by atoms with Crippen molar-refractivity contribution in [3.63, 3.8) is 0 Å². The van der Waals surface area contributed by atoms with Crippen LogP contribution in [0.5, 0.6) is 5.75 Å². The van der Waals surface area contributed by atoms with Gasteiger partial charge in [0.2, 0.25) is 5.91 Å². The van der Waals surface area contributed by atoms with E-state index in [0.717, 1.165) is 19.5 Å². The van der Waals surface area contributed by atoms with Gasteiger partial charge in [-0.3, -0.25) is 4.79 Å². The Morgan fingerprint density at radius 3 is 2.41 bits per heavy atom. The lowest BCUT2D eigenvalue weighted by molar-refractivity contribution is -0.274. The minimum atomic E-state index is -4.70. The molecule has 1 aromatic rings. The van der Waals surface area contributed by atoms with Crippen molar-refractivity contribution in [3.8, 4) is 5.75 Å². The molecule has 0 aliphatic carbocycles. The van der Waals surface area contributed by atoms with Crippen LogP contribution in [0.15, 0.2) is 24.3 Å². The molecule has 6 heteroatoms. The highest BCUT2D eigenvalue weighted by Gasteiger charge is 2.31. The summed E-state index contributed by atoms with van der Waals surface area (Å²) in [6.07, 6.45) is -3.50. The second-order valence-corrected chi connectivity index (χ2v) is 5.95. The van der Waals surface area contributed by atoms with Crippen molar-refractivity contribution < 1.29 is 22.7 Å². The molecule has 1 saturated heterocycles. The van der Waals surface area contributed by atoms with Crippen molar-refractivity contribution in [1.82, 2.24) is 4.90 Å². The number of hydrogen-bond acceptors (Lipinski definition) is 2. The van der Waals surface area contributed by atoms with Gasteiger partial charge in [0, 0.05) is 13.1 Å². The number of piperidine rings is 1. The molecule has 1 amide bonds. The Balaban J connectivity index is 1.92. The molecule has 1 aliphatic heterocycles. The molecule has 0 spiro atoms. The molecule has 0 radical (unpaired) electrons. The molecule has 122 valence electrons. The standard InChI is InChI=1S/C16H20F3NO2/c1-11-7-8-20(10-12(11)2)15(21)9-13-3-5-14(6-4-13)22-16(17,18)19/h3-6,11-12H,7-10H2,1-2H3. The Kier molecular flexibility index (Phi) is 4.98. The molecule has 1 fully saturated rings. The molecular formula is C16H20F3NO2. The lowest BCUT2D eigenvalue weighted by Gasteiger charge is -2.35. The van der Waals surface area contributed by atoms with Crippen molar-refractivity contribution >= 4 is 5.91 Å². The Labute approximate surface area is 128 Å². The van der Waals surface area contributed by atoms with E-state index in [1.54, 1.807) is 0 Å². The van der Waals surface area contributed by atoms with Crippen LogP contribution in [-0.4, -0.2) is 30.3 Å². The molecule has 1 heterocycles. The fraction of sp³-hybridized carbons (Fsp3) is 0.562. The largest absolute Gasteiger partial charge is 0.573 e. The van der Waals surface area contributed by atoms with Gasteiger partial charge in [0.25, 0.3) is 0 Å². The highest BCUT2D eigenvalue weighted by Crippen LogP contribution is 2.24. The summed E-state index contributed by atoms with van der Waals surface area (Å²) in [7, 11) is 0. The minimum Gasteiger partial charge on any atom is -0.406 e. The molecule has 2 rings (SSSR count). The maximum absolute atomic E-state index is 12.2. The van der Waals surface area contributed by atoms with E-state index in [1.165, 1.54) is 24.3 Å². The number of carbonyl (C=O) groups is 1. The van der Waals surface area contributed by atoms with Gasteiger partial charge in [-0.1, -0.05) is 26.0 Å². The van der Waals surface area contributed by atoms with E-state index in [1.807, 2.05) is 4.90 Å². The molecule has 1 aromatic carbocycles. The van der Waals surface area contributed by atoms with Crippen molar-refractivity contribution in [2.24, 2.45) is 11.8 Å². The average Bonchev–Trinajstić information content (AvgIpc) is 2.42. The number of hydrogen-bond donors (Lipinski definition) is 0. The number of alkyl halides is 3. The van der Waals surface area contributed by atoms with Crippen molar-refractivity contribution in [1.29, 1.82) is 0 Å². The van der Waals surface area contributed by atoms with Gasteiger partial charge in [0.15, 0.2) is 0 Å². The summed E-state index contributed by atoms with van der Waals surface area (Å²) < 4.78 is 40.0. The van der Waals surface area contributed by atoms with Crippen LogP contribution in [0.4, 0.5) is 13.2 Å². The van der Waals surface area contributed by atoms with Gasteiger partial charge in [0.05, 0.1) is 6.42 Å². The third-order valence-electron chi connectivity index (χ3n) is 4.20. The molecule has 0 saturated carbocycles. The molecule has 0 N–H and O–H groups in total. The van der Waals surface area contributed by atoms with Crippen LogP contribution in [0, 0.1) is 11.8 Å². The van der Waals surface area contributed by atoms with E-state index in [-0.39, 0.29) is 18.1 Å². The van der Waals surface area contributed by atoms with Crippen molar-refractivity contribution in [2.45, 2.75) is 33.1 Å². The van der Waals surface area contributed by atoms with Crippen molar-refractivity contribution in [2.75, 3.05) is 13.1 Å². The van der Waals surface area contributed by atoms with Crippen LogP contribution in [0.25, 0.3) is 0 Å². The Bertz CT molecular complexity index is 513. The zero-order valence-electron chi connectivity index (χ0n) is 12.7. The van der Waals surface area contributed by atoms with Crippen LogP contribution >= 0.6 is 0 Å². The van der Waals surface area contributed by atoms with Gasteiger partial charge in [-0.05, 0) is 36.0 Å². The SMILES string of the molecule is CC1CCN(C(=O)Cc2ccc(OC(F)(F)F)cc2)CC1C. The number of amides is 1. The van der Waals surface area contributed by atoms with E-state index < -0.39 is 6.36 Å². The van der Waals surface area contributed by atoms with E-state index in [4.69, 9.17) is 0 Å². The second kappa shape index (κ2) is 6.58. The number of ether oxygens (including phenoxy) is 1. The van der Waals surface area contributed by atoms with Gasteiger partial charge in [-0.2, -0.15) is 0 Å². The first-order valence-corrected chi connectivity index (χ1v) is 7.37. The minimum absolute atomic E-state index is 0.0169. The monoisotopic (exact) mass is 315 g/mol. The van der Waals surface area contributed by atoms with Crippen LogP contribution in [-0.2, 0) is 11.2 Å². The third-order valence-corrected chi connectivity index (χ3v) is 4.20. The lowest BCUT2D eigenvalue weighted by atomic mass is 9.88. The van der Waals surface area contributed by atoms with Crippen LogP contribution < -0.4 is 4.74 Å². The molecule has 1 aliphatic rings. The van der Waals surface area contributed by atoms with E-state index >= 15 is 0 Å². The highest BCUT2D eigenvalue weighted by molar-refractivity contribution is 5.78. The molecule has 0 aromatic heterocycles. The molecule has 0 bridgehead atoms. The number of nitrogens with zero attached hydrogens (tertiary/aromatic N) is 1. The second-order valence-electron chi connectivity index (χ2n) is 5.95. The van der Waals surface area contributed by atoms with E-state index in [9.17, 15) is 18.0 Å². The van der Waals surface area contributed by atoms with Gasteiger partial charge in [0.1, 0.15) is 5.75 Å². The maximum Gasteiger partial charge on any atom is 0.573 e. The first kappa shape index (κ1) is 16.6. The van der Waals surface area contributed by atoms with Crippen LogP contribution in [0.1, 0.15) is 25.8 Å².